The molecule has 2 aromatic rings. The van der Waals surface area contributed by atoms with Gasteiger partial charge in [-0.15, -0.1) is 0 Å². The molecule has 0 amide bonds. The predicted octanol–water partition coefficient (Wildman–Crippen LogP) is 3.77. The van der Waals surface area contributed by atoms with Gasteiger partial charge in [-0.25, -0.2) is 9.37 Å². The van der Waals surface area contributed by atoms with E-state index in [1.165, 1.54) is 12.1 Å². The van der Waals surface area contributed by atoms with Crippen LogP contribution in [0.3, 0.4) is 0 Å². The third kappa shape index (κ3) is 3.95. The predicted molar refractivity (Wildman–Crippen MR) is 90.4 cm³/mol. The summed E-state index contributed by atoms with van der Waals surface area (Å²) in [5, 5.41) is 14.6. The van der Waals surface area contributed by atoms with Crippen LogP contribution in [0, 0.1) is 5.82 Å². The second kappa shape index (κ2) is 7.79. The minimum Gasteiger partial charge on any atom is -0.543 e. The molecule has 0 unspecified atom stereocenters. The number of hydrogen-bond acceptors (Lipinski definition) is 5. The molecular weight excluding hydrogens is 380 g/mol. The molecule has 0 aliphatic rings. The number of carboxylic acids is 1. The molecule has 1 aromatic carbocycles. The summed E-state index contributed by atoms with van der Waals surface area (Å²) < 4.78 is 13.0. The maximum Gasteiger partial charge on any atom is 0.150 e. The van der Waals surface area contributed by atoms with E-state index in [0.717, 1.165) is 0 Å². The van der Waals surface area contributed by atoms with Crippen LogP contribution in [0.4, 0.5) is 10.1 Å². The monoisotopic (exact) mass is 388 g/mol. The van der Waals surface area contributed by atoms with Gasteiger partial charge in [0.25, 0.3) is 0 Å². The Morgan fingerprint density at radius 1 is 1.25 bits per heavy atom. The summed E-state index contributed by atoms with van der Waals surface area (Å²) in [6.07, 6.45) is 0.514. The Bertz CT molecular complexity index is 811. The first-order chi connectivity index (χ1) is 11.3. The van der Waals surface area contributed by atoms with Crippen molar-refractivity contribution in [2.45, 2.75) is 13.3 Å². The largest absolute Gasteiger partial charge is 0.543 e. The van der Waals surface area contributed by atoms with E-state index >= 15 is 0 Å². The fourth-order valence-corrected chi connectivity index (χ4v) is 2.52. The number of halogens is 4. The summed E-state index contributed by atoms with van der Waals surface area (Å²) in [5.41, 5.74) is 3.29. The molecule has 1 N–H and O–H groups in total. The highest BCUT2D eigenvalue weighted by atomic mass is 35.5. The van der Waals surface area contributed by atoms with Crippen LogP contribution in [0.5, 0.6) is 0 Å². The van der Waals surface area contributed by atoms with E-state index in [9.17, 15) is 14.3 Å². The lowest BCUT2D eigenvalue weighted by molar-refractivity contribution is -0.255. The third-order valence-electron chi connectivity index (χ3n) is 3.05. The number of carbonyl (C=O) groups is 1. The van der Waals surface area contributed by atoms with Gasteiger partial charge in [-0.2, -0.15) is 5.10 Å². The molecule has 0 aliphatic carbocycles. The van der Waals surface area contributed by atoms with Crippen molar-refractivity contribution in [2.75, 3.05) is 5.43 Å². The van der Waals surface area contributed by atoms with Crippen LogP contribution < -0.4 is 10.5 Å². The molecule has 9 heteroatoms. The average Bonchev–Trinajstić information content (AvgIpc) is 2.55. The Labute approximate surface area is 152 Å². The summed E-state index contributed by atoms with van der Waals surface area (Å²) in [5.74, 6) is -1.97. The number of pyridine rings is 1. The van der Waals surface area contributed by atoms with Gasteiger partial charge in [0, 0.05) is 0 Å². The molecule has 0 spiro atoms. The fourth-order valence-electron chi connectivity index (χ4n) is 1.86. The molecule has 1 aromatic heterocycles. The van der Waals surface area contributed by atoms with Gasteiger partial charge in [0.15, 0.2) is 5.15 Å². The van der Waals surface area contributed by atoms with Crippen molar-refractivity contribution in [1.29, 1.82) is 0 Å². The van der Waals surface area contributed by atoms with E-state index < -0.39 is 11.7 Å². The lowest BCUT2D eigenvalue weighted by Crippen LogP contribution is -2.24. The normalized spacial score (nSPS) is 11.5. The molecule has 0 saturated carbocycles. The van der Waals surface area contributed by atoms with Crippen LogP contribution in [-0.4, -0.2) is 16.7 Å². The number of aromatic nitrogens is 1. The number of hydrazone groups is 1. The first kappa shape index (κ1) is 18.4. The van der Waals surface area contributed by atoms with Crippen molar-refractivity contribution >= 4 is 52.2 Å². The van der Waals surface area contributed by atoms with Gasteiger partial charge < -0.3 is 9.90 Å². The van der Waals surface area contributed by atoms with E-state index in [0.29, 0.717) is 17.7 Å². The first-order valence-corrected chi connectivity index (χ1v) is 7.82. The maximum absolute atomic E-state index is 13.0. The first-order valence-electron chi connectivity index (χ1n) is 6.69. The zero-order valence-electron chi connectivity index (χ0n) is 12.2. The number of hydrogen-bond donors (Lipinski definition) is 1. The van der Waals surface area contributed by atoms with Crippen molar-refractivity contribution in [3.05, 3.63) is 56.5 Å². The van der Waals surface area contributed by atoms with E-state index in [4.69, 9.17) is 34.8 Å². The number of rotatable bonds is 5. The topological polar surface area (TPSA) is 77.4 Å². The number of aromatic carboxylic acids is 1. The minimum absolute atomic E-state index is 0.00871. The van der Waals surface area contributed by atoms with Crippen molar-refractivity contribution in [3.8, 4) is 0 Å². The molecular formula is C15H10Cl3FN3O2-. The van der Waals surface area contributed by atoms with Crippen LogP contribution >= 0.6 is 34.8 Å². The number of carboxylic acid groups (broad SMARTS) is 1. The van der Waals surface area contributed by atoms with Gasteiger partial charge >= 0.3 is 0 Å². The highest BCUT2D eigenvalue weighted by Gasteiger charge is 2.17. The van der Waals surface area contributed by atoms with Gasteiger partial charge in [0.2, 0.25) is 0 Å². The maximum atomic E-state index is 13.0. The number of anilines is 1. The van der Waals surface area contributed by atoms with Gasteiger partial charge in [-0.1, -0.05) is 53.9 Å². The van der Waals surface area contributed by atoms with Crippen molar-refractivity contribution in [3.63, 3.8) is 0 Å². The van der Waals surface area contributed by atoms with Crippen molar-refractivity contribution in [2.24, 2.45) is 5.10 Å². The Morgan fingerprint density at radius 3 is 2.42 bits per heavy atom. The highest BCUT2D eigenvalue weighted by molar-refractivity contribution is 6.46. The lowest BCUT2D eigenvalue weighted by atomic mass is 10.1. The second-order valence-corrected chi connectivity index (χ2v) is 5.69. The van der Waals surface area contributed by atoms with E-state index in [2.05, 4.69) is 15.5 Å². The summed E-state index contributed by atoms with van der Waals surface area (Å²) in [4.78, 5) is 14.6. The van der Waals surface area contributed by atoms with Crippen molar-refractivity contribution < 1.29 is 14.3 Å². The molecule has 0 radical (unpaired) electrons. The summed E-state index contributed by atoms with van der Waals surface area (Å²) in [6.45, 7) is 1.85. The molecule has 0 saturated heterocycles. The average molecular weight is 390 g/mol. The molecule has 126 valence electrons. The molecule has 0 atom stereocenters. The van der Waals surface area contributed by atoms with E-state index in [1.807, 2.05) is 6.92 Å². The third-order valence-corrected chi connectivity index (χ3v) is 4.15. The van der Waals surface area contributed by atoms with Crippen LogP contribution in [0.25, 0.3) is 0 Å². The van der Waals surface area contributed by atoms with Gasteiger partial charge in [0.1, 0.15) is 16.5 Å². The number of nitrogens with one attached hydrogen (secondary N) is 1. The lowest BCUT2D eigenvalue weighted by Gasteiger charge is -2.13. The van der Waals surface area contributed by atoms with Crippen LogP contribution in [0.15, 0.2) is 29.4 Å². The van der Waals surface area contributed by atoms with E-state index in [-0.39, 0.29) is 26.7 Å². The molecule has 0 aliphatic heterocycles. The number of carbonyl (C=O) groups excluding carboxylic acids is 1. The Morgan fingerprint density at radius 2 is 1.88 bits per heavy atom. The standard InChI is InChI=1S/C15H11Cl3FN3O2/c1-2-9(7-3-5-8(19)6-4-7)21-22-12-10(16)13(15(23)24)20-14(18)11(12)17/h3-6H,2H2,1H3,(H,20,22)(H,23,24)/p-1/b21-9-. The number of benzene rings is 1. The zero-order chi connectivity index (χ0) is 17.9. The SMILES string of the molecule is CC/C(=N/Nc1c(Cl)c(Cl)nc(C(=O)[O-])c1Cl)c1ccc(F)cc1. The molecule has 24 heavy (non-hydrogen) atoms. The Hall–Kier alpha value is -1.89. The Kier molecular flexibility index (Phi) is 5.99. The van der Waals surface area contributed by atoms with Crippen LogP contribution in [0.2, 0.25) is 15.2 Å². The fraction of sp³-hybridized carbons (Fsp3) is 0.133. The quantitative estimate of drug-likeness (QED) is 0.480. The molecule has 0 fully saturated rings. The second-order valence-electron chi connectivity index (χ2n) is 4.57. The molecule has 0 bridgehead atoms. The minimum atomic E-state index is -1.60. The van der Waals surface area contributed by atoms with Gasteiger partial charge in [-0.05, 0) is 24.1 Å². The number of nitrogens with zero attached hydrogens (tertiary/aromatic N) is 2. The molecule has 2 rings (SSSR count). The van der Waals surface area contributed by atoms with E-state index in [1.54, 1.807) is 12.1 Å². The summed E-state index contributed by atoms with van der Waals surface area (Å²) in [7, 11) is 0. The van der Waals surface area contributed by atoms with Crippen LogP contribution in [0.1, 0.15) is 29.4 Å². The van der Waals surface area contributed by atoms with Crippen LogP contribution in [-0.2, 0) is 0 Å². The van der Waals surface area contributed by atoms with Gasteiger partial charge in [0.05, 0.1) is 22.4 Å². The molecule has 5 nitrogen and oxygen atoms in total. The summed E-state index contributed by atoms with van der Waals surface area (Å²) in [6, 6.07) is 5.74. The molecule has 1 heterocycles. The smallest absolute Gasteiger partial charge is 0.150 e. The highest BCUT2D eigenvalue weighted by Crippen LogP contribution is 2.36. The van der Waals surface area contributed by atoms with Gasteiger partial charge in [-0.3, -0.25) is 5.43 Å². The Balaban J connectivity index is 2.42. The van der Waals surface area contributed by atoms with Crippen molar-refractivity contribution in [1.82, 2.24) is 4.98 Å². The zero-order valence-corrected chi connectivity index (χ0v) is 14.5. The summed E-state index contributed by atoms with van der Waals surface area (Å²) >= 11 is 17.8.